The van der Waals surface area contributed by atoms with Crippen LogP contribution < -0.4 is 9.83 Å². The van der Waals surface area contributed by atoms with E-state index in [9.17, 15) is 0 Å². The van der Waals surface area contributed by atoms with E-state index in [-0.39, 0.29) is 0 Å². The zero-order valence-electron chi connectivity index (χ0n) is 6.51. The van der Waals surface area contributed by atoms with E-state index in [1.54, 1.807) is 12.1 Å². The Balaban J connectivity index is 2.41. The Labute approximate surface area is 74.9 Å². The Morgan fingerprint density at radius 2 is 2.00 bits per heavy atom. The maximum absolute atomic E-state index is 8.51. The van der Waals surface area contributed by atoms with E-state index in [2.05, 4.69) is 0 Å². The fourth-order valence-electron chi connectivity index (χ4n) is 0.741. The highest BCUT2D eigenvalue weighted by atomic mass is 28.4. The van der Waals surface area contributed by atoms with Crippen molar-refractivity contribution in [3.63, 3.8) is 0 Å². The molecule has 6 heteroatoms. The van der Waals surface area contributed by atoms with Crippen LogP contribution in [0.3, 0.4) is 0 Å². The Kier molecular flexibility index (Phi) is 3.98. The molecular formula is C6H11NO3Si2. The van der Waals surface area contributed by atoms with Gasteiger partial charge in [-0.3, -0.25) is 5.40 Å². The summed E-state index contributed by atoms with van der Waals surface area (Å²) in [5, 5.41) is 5.49. The van der Waals surface area contributed by atoms with Gasteiger partial charge in [-0.2, -0.15) is 0 Å². The maximum Gasteiger partial charge on any atom is 0.459 e. The topological polar surface area (TPSA) is 64.7 Å². The second-order valence-corrected chi connectivity index (χ2v) is 4.66. The highest BCUT2D eigenvalue weighted by Gasteiger charge is 2.06. The lowest BCUT2D eigenvalue weighted by Crippen LogP contribution is -2.38. The van der Waals surface area contributed by atoms with Crippen molar-refractivity contribution >= 4 is 19.5 Å². The van der Waals surface area contributed by atoms with E-state index >= 15 is 0 Å². The summed E-state index contributed by atoms with van der Waals surface area (Å²) in [5.41, 5.74) is 0. The number of hydrogen-bond acceptors (Lipinski definition) is 4. The van der Waals surface area contributed by atoms with Gasteiger partial charge in [0.15, 0.2) is 0 Å². The van der Waals surface area contributed by atoms with Gasteiger partial charge in [-0.15, -0.1) is 0 Å². The predicted octanol–water partition coefficient (Wildman–Crippen LogP) is -1.25. The molecule has 0 saturated carbocycles. The average Bonchev–Trinajstić information content (AvgIpc) is 2.06. The largest absolute Gasteiger partial charge is 0.512 e. The van der Waals surface area contributed by atoms with Gasteiger partial charge in [-0.1, -0.05) is 18.2 Å². The molecule has 0 amide bonds. The van der Waals surface area contributed by atoms with Gasteiger partial charge >= 0.3 is 9.45 Å². The van der Waals surface area contributed by atoms with Crippen molar-refractivity contribution in [3.05, 3.63) is 30.3 Å². The van der Waals surface area contributed by atoms with Gasteiger partial charge < -0.3 is 13.3 Å². The third kappa shape index (κ3) is 3.16. The second kappa shape index (κ2) is 5.06. The molecule has 3 N–H and O–H groups in total. The molecule has 66 valence electrons. The van der Waals surface area contributed by atoms with Crippen molar-refractivity contribution in [2.24, 2.45) is 5.40 Å². The summed E-state index contributed by atoms with van der Waals surface area (Å²) in [6.07, 6.45) is 0. The molecule has 1 aromatic rings. The van der Waals surface area contributed by atoms with Gasteiger partial charge in [0.25, 0.3) is 10.0 Å². The van der Waals surface area contributed by atoms with Crippen LogP contribution in [0.1, 0.15) is 0 Å². The molecule has 1 aromatic carbocycles. The third-order valence-electron chi connectivity index (χ3n) is 1.23. The van der Waals surface area contributed by atoms with Gasteiger partial charge in [-0.05, 0) is 12.1 Å². The van der Waals surface area contributed by atoms with E-state index in [4.69, 9.17) is 18.7 Å². The summed E-state index contributed by atoms with van der Waals surface area (Å²) >= 11 is 0. The number of benzene rings is 1. The van der Waals surface area contributed by atoms with Gasteiger partial charge in [0.05, 0.1) is 0 Å². The maximum atomic E-state index is 8.51. The summed E-state index contributed by atoms with van der Waals surface area (Å²) in [4.78, 5) is 8.51. The molecule has 0 bridgehead atoms. The van der Waals surface area contributed by atoms with Crippen molar-refractivity contribution in [1.82, 2.24) is 0 Å². The minimum absolute atomic E-state index is 0.694. The highest BCUT2D eigenvalue weighted by Crippen LogP contribution is 2.07. The van der Waals surface area contributed by atoms with Gasteiger partial charge in [-0.25, -0.2) is 0 Å². The number of para-hydroxylation sites is 1. The van der Waals surface area contributed by atoms with E-state index in [1.807, 2.05) is 18.2 Å². The molecule has 0 aliphatic carbocycles. The van der Waals surface area contributed by atoms with E-state index in [1.165, 1.54) is 0 Å². The van der Waals surface area contributed by atoms with Crippen LogP contribution in [-0.4, -0.2) is 24.2 Å². The summed E-state index contributed by atoms with van der Waals surface area (Å²) < 4.78 is 10.1. The van der Waals surface area contributed by atoms with Crippen LogP contribution in [-0.2, 0) is 4.12 Å². The van der Waals surface area contributed by atoms with Crippen LogP contribution in [0.2, 0.25) is 0 Å². The Morgan fingerprint density at radius 3 is 2.58 bits per heavy atom. The Morgan fingerprint density at radius 1 is 1.33 bits per heavy atom. The SMILES string of the molecule is N[SiH](O[SiH2]O)Oc1ccccc1. The first-order valence-electron chi connectivity index (χ1n) is 3.52. The molecular weight excluding hydrogens is 190 g/mol. The van der Waals surface area contributed by atoms with Crippen molar-refractivity contribution in [1.29, 1.82) is 0 Å². The quantitative estimate of drug-likeness (QED) is 0.597. The lowest BCUT2D eigenvalue weighted by molar-refractivity contribution is 0.387. The smallest absolute Gasteiger partial charge is 0.459 e. The fraction of sp³-hybridized carbons (Fsp3) is 0. The fourth-order valence-corrected chi connectivity index (χ4v) is 2.03. The normalized spacial score (nSPS) is 13.5. The molecule has 1 atom stereocenters. The minimum Gasteiger partial charge on any atom is -0.512 e. The average molecular weight is 201 g/mol. The molecule has 12 heavy (non-hydrogen) atoms. The zero-order chi connectivity index (χ0) is 8.81. The minimum atomic E-state index is -2.12. The lowest BCUT2D eigenvalue weighted by atomic mass is 10.3. The molecule has 0 aliphatic heterocycles. The summed E-state index contributed by atoms with van der Waals surface area (Å²) in [6.45, 7) is 0. The van der Waals surface area contributed by atoms with Crippen LogP contribution >= 0.6 is 0 Å². The summed E-state index contributed by atoms with van der Waals surface area (Å²) in [6, 6.07) is 9.20. The monoisotopic (exact) mass is 201 g/mol. The highest BCUT2D eigenvalue weighted by molar-refractivity contribution is 6.48. The molecule has 0 aliphatic rings. The van der Waals surface area contributed by atoms with Gasteiger partial charge in [0.2, 0.25) is 0 Å². The summed E-state index contributed by atoms with van der Waals surface area (Å²) in [7, 11) is -3.55. The first-order chi connectivity index (χ1) is 5.83. The van der Waals surface area contributed by atoms with Crippen molar-refractivity contribution < 1.29 is 13.3 Å². The standard InChI is InChI=1S/C6H11NO3Si2/c7-12(10-11-8)9-6-4-2-1-3-5-6/h1-5,8,12H,7,11H2. The molecule has 0 spiro atoms. The van der Waals surface area contributed by atoms with E-state index < -0.39 is 19.5 Å². The molecule has 1 rings (SSSR count). The lowest BCUT2D eigenvalue weighted by Gasteiger charge is -2.11. The zero-order valence-corrected chi connectivity index (χ0v) is 9.08. The second-order valence-electron chi connectivity index (χ2n) is 2.10. The van der Waals surface area contributed by atoms with Crippen molar-refractivity contribution in [2.45, 2.75) is 0 Å². The molecule has 0 aromatic heterocycles. The number of hydrogen-bond donors (Lipinski definition) is 2. The number of nitrogens with two attached hydrogens (primary N) is 1. The predicted molar refractivity (Wildman–Crippen MR) is 50.3 cm³/mol. The Bertz CT molecular complexity index is 221. The van der Waals surface area contributed by atoms with Crippen LogP contribution in [0.5, 0.6) is 5.75 Å². The summed E-state index contributed by atoms with van der Waals surface area (Å²) in [5.74, 6) is 0.694. The van der Waals surface area contributed by atoms with Crippen LogP contribution in [0, 0.1) is 0 Å². The van der Waals surface area contributed by atoms with Crippen LogP contribution in [0.25, 0.3) is 0 Å². The van der Waals surface area contributed by atoms with E-state index in [0.29, 0.717) is 5.75 Å². The molecule has 0 heterocycles. The first-order valence-corrected chi connectivity index (χ1v) is 6.34. The molecule has 0 radical (unpaired) electrons. The van der Waals surface area contributed by atoms with Crippen LogP contribution in [0.4, 0.5) is 0 Å². The van der Waals surface area contributed by atoms with Gasteiger partial charge in [0, 0.05) is 0 Å². The molecule has 1 unspecified atom stereocenters. The molecule has 0 fully saturated rings. The van der Waals surface area contributed by atoms with Gasteiger partial charge in [0.1, 0.15) is 5.75 Å². The van der Waals surface area contributed by atoms with E-state index in [0.717, 1.165) is 0 Å². The number of rotatable bonds is 4. The van der Waals surface area contributed by atoms with Crippen molar-refractivity contribution in [3.8, 4) is 5.75 Å². The Hall–Kier alpha value is -0.666. The van der Waals surface area contributed by atoms with Crippen LogP contribution in [0.15, 0.2) is 30.3 Å². The third-order valence-corrected chi connectivity index (χ3v) is 3.65. The van der Waals surface area contributed by atoms with Crippen molar-refractivity contribution in [2.75, 3.05) is 0 Å². The first kappa shape index (κ1) is 9.42. The molecule has 4 nitrogen and oxygen atoms in total. The molecule has 0 saturated heterocycles.